The van der Waals surface area contributed by atoms with E-state index >= 15 is 0 Å². The van der Waals surface area contributed by atoms with Crippen LogP contribution in [0.4, 0.5) is 0 Å². The number of aliphatic hydroxyl groups excluding tert-OH is 3. The number of aliphatic carboxylic acids is 1. The van der Waals surface area contributed by atoms with Crippen molar-refractivity contribution in [3.63, 3.8) is 0 Å². The molecule has 3 aromatic rings. The average molecular weight is 594 g/mol. The molecule has 3 aliphatic rings. The summed E-state index contributed by atoms with van der Waals surface area (Å²) in [6.45, 7) is -3.92. The Morgan fingerprint density at radius 2 is 1.63 bits per heavy atom. The van der Waals surface area contributed by atoms with Gasteiger partial charge in [-0.3, -0.25) is 4.90 Å². The SMILES string of the molecule is [2H]C([2H])(Oc1ccc([C@@H]2c3ccc(O[C@@H]4O[C@H](C(=O)O)[C@@H](O)[C@H](O)[C@H]4O)cc3CC[C@@H]2c2ccccc2)cc1)C([2H])([2H])N1CCCC1. The highest BCUT2D eigenvalue weighted by Gasteiger charge is 2.48. The molecular formula is C34H39NO8. The summed E-state index contributed by atoms with van der Waals surface area (Å²) >= 11 is 0. The van der Waals surface area contributed by atoms with Gasteiger partial charge in [-0.2, -0.15) is 0 Å². The zero-order chi connectivity index (χ0) is 33.5. The summed E-state index contributed by atoms with van der Waals surface area (Å²) in [6, 6.07) is 22.6. The lowest BCUT2D eigenvalue weighted by molar-refractivity contribution is -0.271. The second kappa shape index (κ2) is 13.0. The van der Waals surface area contributed by atoms with Crippen molar-refractivity contribution in [2.45, 2.75) is 68.2 Å². The number of carboxylic acids is 1. The number of benzene rings is 3. The first-order chi connectivity index (χ1) is 22.4. The van der Waals surface area contributed by atoms with E-state index < -0.39 is 49.7 Å². The number of ether oxygens (including phenoxy) is 3. The summed E-state index contributed by atoms with van der Waals surface area (Å²) in [5.41, 5.74) is 4.10. The molecule has 0 saturated carbocycles. The van der Waals surface area contributed by atoms with Crippen molar-refractivity contribution in [1.82, 2.24) is 4.90 Å². The number of fused-ring (bicyclic) bond motifs is 1. The van der Waals surface area contributed by atoms with E-state index in [-0.39, 0.29) is 17.6 Å². The number of hydrogen-bond acceptors (Lipinski definition) is 8. The third-order valence-corrected chi connectivity index (χ3v) is 8.59. The van der Waals surface area contributed by atoms with Gasteiger partial charge < -0.3 is 34.6 Å². The lowest BCUT2D eigenvalue weighted by atomic mass is 9.69. The maximum absolute atomic E-state index is 11.5. The molecule has 0 amide bonds. The van der Waals surface area contributed by atoms with Crippen molar-refractivity contribution < 1.29 is 44.9 Å². The third-order valence-electron chi connectivity index (χ3n) is 8.59. The first-order valence-corrected chi connectivity index (χ1v) is 14.7. The van der Waals surface area contributed by atoms with Crippen LogP contribution >= 0.6 is 0 Å². The van der Waals surface area contributed by atoms with E-state index in [0.29, 0.717) is 25.3 Å². The monoisotopic (exact) mass is 593 g/mol. The van der Waals surface area contributed by atoms with E-state index in [4.69, 9.17) is 19.7 Å². The number of likely N-dealkylation sites (tertiary alicyclic amines) is 1. The summed E-state index contributed by atoms with van der Waals surface area (Å²) in [4.78, 5) is 13.0. The number of rotatable bonds is 9. The van der Waals surface area contributed by atoms with E-state index in [1.165, 1.54) is 4.90 Å². The van der Waals surface area contributed by atoms with E-state index in [2.05, 4.69) is 12.1 Å². The van der Waals surface area contributed by atoms with Gasteiger partial charge in [0.05, 0.1) is 2.74 Å². The molecule has 4 N–H and O–H groups in total. The Hall–Kier alpha value is -3.47. The molecule has 2 fully saturated rings. The van der Waals surface area contributed by atoms with Crippen molar-refractivity contribution in [2.75, 3.05) is 26.1 Å². The van der Waals surface area contributed by atoms with Gasteiger partial charge in [-0.05, 0) is 91.2 Å². The fourth-order valence-corrected chi connectivity index (χ4v) is 6.34. The van der Waals surface area contributed by atoms with E-state index in [1.54, 1.807) is 24.3 Å². The summed E-state index contributed by atoms with van der Waals surface area (Å²) in [6.07, 6.45) is -5.44. The molecule has 9 nitrogen and oxygen atoms in total. The van der Waals surface area contributed by atoms with Gasteiger partial charge >= 0.3 is 5.97 Å². The molecule has 0 bridgehead atoms. The predicted octanol–water partition coefficient (Wildman–Crippen LogP) is 3.29. The number of hydrogen-bond donors (Lipinski definition) is 4. The number of aryl methyl sites for hydroxylation is 1. The van der Waals surface area contributed by atoms with Crippen LogP contribution < -0.4 is 9.47 Å². The minimum Gasteiger partial charge on any atom is -0.492 e. The standard InChI is InChI=1S/C34H39NO8/c36-29-30(37)32(33(39)40)43-34(31(29)38)42-25-13-15-27-23(20-25)10-14-26(21-6-2-1-3-7-21)28(27)22-8-11-24(12-9-22)41-19-18-35-16-4-5-17-35/h1-3,6-9,11-13,15,20,26,28-32,34,36-38H,4-5,10,14,16-19H2,(H,39,40)/t26-,28+,29+,30+,31-,32+,34-/m1/s1/i18D2,19D2. The molecule has 2 saturated heterocycles. The normalized spacial score (nSPS) is 31.2. The van der Waals surface area contributed by atoms with Crippen LogP contribution in [-0.4, -0.2) is 88.1 Å². The topological polar surface area (TPSA) is 129 Å². The van der Waals surface area contributed by atoms with Crippen molar-refractivity contribution in [2.24, 2.45) is 0 Å². The largest absolute Gasteiger partial charge is 0.492 e. The first-order valence-electron chi connectivity index (χ1n) is 16.7. The average Bonchev–Trinajstić information content (AvgIpc) is 3.61. The maximum Gasteiger partial charge on any atom is 0.335 e. The van der Waals surface area contributed by atoms with E-state index in [1.807, 2.05) is 36.4 Å². The molecule has 9 heteroatoms. The van der Waals surface area contributed by atoms with Crippen molar-refractivity contribution in [3.8, 4) is 11.5 Å². The Morgan fingerprint density at radius 1 is 0.907 bits per heavy atom. The zero-order valence-electron chi connectivity index (χ0n) is 27.6. The number of carboxylic acid groups (broad SMARTS) is 1. The Labute approximate surface area is 256 Å². The van der Waals surface area contributed by atoms with Gasteiger partial charge in [0.1, 0.15) is 36.4 Å². The van der Waals surface area contributed by atoms with Crippen LogP contribution in [0.5, 0.6) is 11.5 Å². The van der Waals surface area contributed by atoms with Crippen LogP contribution in [-0.2, 0) is 16.0 Å². The fraction of sp³-hybridized carbons (Fsp3) is 0.441. The number of carbonyl (C=O) groups is 1. The van der Waals surface area contributed by atoms with Crippen LogP contribution in [0, 0.1) is 0 Å². The molecule has 0 aromatic heterocycles. The van der Waals surface area contributed by atoms with Crippen LogP contribution in [0.15, 0.2) is 72.8 Å². The summed E-state index contributed by atoms with van der Waals surface area (Å²) < 4.78 is 50.5. The first kappa shape index (κ1) is 24.9. The second-order valence-electron chi connectivity index (χ2n) is 11.3. The molecule has 2 aliphatic heterocycles. The zero-order valence-corrected chi connectivity index (χ0v) is 23.6. The van der Waals surface area contributed by atoms with Gasteiger partial charge in [-0.15, -0.1) is 0 Å². The molecule has 0 spiro atoms. The van der Waals surface area contributed by atoms with E-state index in [9.17, 15) is 25.2 Å². The fourth-order valence-electron chi connectivity index (χ4n) is 6.34. The van der Waals surface area contributed by atoms with Crippen molar-refractivity contribution >= 4 is 5.97 Å². The molecule has 2 heterocycles. The summed E-state index contributed by atoms with van der Waals surface area (Å²) in [5, 5.41) is 40.0. The van der Waals surface area contributed by atoms with Gasteiger partial charge in [0, 0.05) is 15.2 Å². The minimum absolute atomic E-state index is 0.106. The molecule has 0 unspecified atom stereocenters. The summed E-state index contributed by atoms with van der Waals surface area (Å²) in [7, 11) is 0. The number of aliphatic hydroxyl groups is 3. The molecule has 228 valence electrons. The highest BCUT2D eigenvalue weighted by Crippen LogP contribution is 2.47. The highest BCUT2D eigenvalue weighted by molar-refractivity contribution is 5.73. The van der Waals surface area contributed by atoms with Gasteiger partial charge in [-0.1, -0.05) is 48.5 Å². The lowest BCUT2D eigenvalue weighted by Crippen LogP contribution is -2.61. The Balaban J connectivity index is 1.27. The Morgan fingerprint density at radius 3 is 2.35 bits per heavy atom. The summed E-state index contributed by atoms with van der Waals surface area (Å²) in [5.74, 6) is -0.974. The quantitative estimate of drug-likeness (QED) is 0.295. The van der Waals surface area contributed by atoms with Crippen molar-refractivity contribution in [1.29, 1.82) is 0 Å². The van der Waals surface area contributed by atoms with Crippen LogP contribution in [0.3, 0.4) is 0 Å². The van der Waals surface area contributed by atoms with Gasteiger partial charge in [0.2, 0.25) is 6.29 Å². The smallest absolute Gasteiger partial charge is 0.335 e. The molecule has 6 rings (SSSR count). The molecule has 0 radical (unpaired) electrons. The molecule has 7 atom stereocenters. The lowest BCUT2D eigenvalue weighted by Gasteiger charge is -2.39. The van der Waals surface area contributed by atoms with Gasteiger partial charge in [0.25, 0.3) is 0 Å². The van der Waals surface area contributed by atoms with Gasteiger partial charge in [-0.25, -0.2) is 4.79 Å². The van der Waals surface area contributed by atoms with Crippen LogP contribution in [0.1, 0.15) is 58.8 Å². The van der Waals surface area contributed by atoms with Crippen LogP contribution in [0.25, 0.3) is 0 Å². The maximum atomic E-state index is 11.5. The Kier molecular flexibility index (Phi) is 7.55. The molecule has 1 aliphatic carbocycles. The van der Waals surface area contributed by atoms with Crippen LogP contribution in [0.2, 0.25) is 0 Å². The Bertz CT molecular complexity index is 1550. The number of nitrogens with zero attached hydrogens (tertiary/aromatic N) is 1. The van der Waals surface area contributed by atoms with Crippen molar-refractivity contribution in [3.05, 3.63) is 95.1 Å². The molecule has 3 aromatic carbocycles. The predicted molar refractivity (Wildman–Crippen MR) is 158 cm³/mol. The minimum atomic E-state index is -2.58. The van der Waals surface area contributed by atoms with Gasteiger partial charge in [0.15, 0.2) is 6.10 Å². The molecule has 43 heavy (non-hydrogen) atoms. The second-order valence-corrected chi connectivity index (χ2v) is 11.3. The third kappa shape index (κ3) is 6.41. The highest BCUT2D eigenvalue weighted by atomic mass is 16.7. The van der Waals surface area contributed by atoms with E-state index in [0.717, 1.165) is 41.5 Å². The molecular weight excluding hydrogens is 550 g/mol.